The Bertz CT molecular complexity index is 2450. The van der Waals surface area contributed by atoms with Crippen LogP contribution in [0.1, 0.15) is 128 Å². The zero-order valence-corrected chi connectivity index (χ0v) is 49.9. The van der Waals surface area contributed by atoms with Crippen LogP contribution in [0.4, 0.5) is 24.9 Å². The monoisotopic (exact) mass is 1180 g/mol. The molecule has 468 valence electrons. The van der Waals surface area contributed by atoms with E-state index < -0.39 is 143 Å². The van der Waals surface area contributed by atoms with Crippen molar-refractivity contribution in [2.24, 2.45) is 5.92 Å². The summed E-state index contributed by atoms with van der Waals surface area (Å²) >= 11 is 0. The molecule has 12 atom stereocenters. The molecule has 28 heteroatoms. The van der Waals surface area contributed by atoms with Gasteiger partial charge in [-0.25, -0.2) is 19.2 Å². The number of rotatable bonds is 19. The summed E-state index contributed by atoms with van der Waals surface area (Å²) in [7, 11) is 1.30. The van der Waals surface area contributed by atoms with E-state index in [2.05, 4.69) is 26.6 Å². The summed E-state index contributed by atoms with van der Waals surface area (Å²) in [5.41, 5.74) is -5.15. The molecule has 28 nitrogen and oxygen atoms in total. The average molecular weight is 1180 g/mol. The van der Waals surface area contributed by atoms with Crippen LogP contribution >= 0.6 is 0 Å². The van der Waals surface area contributed by atoms with Gasteiger partial charge in [0, 0.05) is 31.8 Å². The Kier molecular flexibility index (Phi) is 22.6. The van der Waals surface area contributed by atoms with Gasteiger partial charge in [0.15, 0.2) is 6.29 Å². The summed E-state index contributed by atoms with van der Waals surface area (Å²) in [5, 5.41) is 72.7. The highest BCUT2D eigenvalue weighted by molar-refractivity contribution is 5.81. The third kappa shape index (κ3) is 20.9. The van der Waals surface area contributed by atoms with Gasteiger partial charge in [-0.1, -0.05) is 0 Å². The van der Waals surface area contributed by atoms with Crippen molar-refractivity contribution < 1.29 is 96.7 Å². The van der Waals surface area contributed by atoms with Gasteiger partial charge >= 0.3 is 30.3 Å². The van der Waals surface area contributed by atoms with Crippen LogP contribution in [0.15, 0.2) is 36.1 Å². The van der Waals surface area contributed by atoms with Gasteiger partial charge in [-0.15, -0.1) is 0 Å². The first-order valence-corrected chi connectivity index (χ1v) is 27.7. The number of hydrogen-bond acceptors (Lipinski definition) is 22. The normalized spacial score (nSPS) is 28.7. The number of benzene rings is 1. The third-order valence-corrected chi connectivity index (χ3v) is 13.3. The number of likely N-dealkylation sites (N-methyl/N-ethyl adjacent to an activating group) is 1. The lowest BCUT2D eigenvalue weighted by Crippen LogP contribution is -2.71. The van der Waals surface area contributed by atoms with Crippen LogP contribution < -0.4 is 26.6 Å². The number of amides is 5. The molecular formula is C55H87N7O21. The van der Waals surface area contributed by atoms with Crippen molar-refractivity contribution in [2.45, 2.75) is 230 Å². The number of esters is 1. The number of aliphatic hydroxyl groups excluding tert-OH is 3. The first kappa shape index (κ1) is 67.6. The highest BCUT2D eigenvalue weighted by atomic mass is 16.7. The van der Waals surface area contributed by atoms with Crippen molar-refractivity contribution in [1.82, 2.24) is 31.5 Å². The molecule has 3 fully saturated rings. The van der Waals surface area contributed by atoms with E-state index >= 15 is 0 Å². The maximum atomic E-state index is 14.0. The summed E-state index contributed by atoms with van der Waals surface area (Å²) in [6.45, 7) is 20.1. The summed E-state index contributed by atoms with van der Waals surface area (Å²) < 4.78 is 53.0. The number of hydrogen-bond donors (Lipinski definition) is 9. The fraction of sp³-hybridized carbons (Fsp3) is 0.745. The minimum absolute atomic E-state index is 0.143. The molecule has 2 aliphatic heterocycles. The number of nitro benzene ring substituents is 1. The molecule has 5 amide bonds. The molecule has 1 saturated heterocycles. The Morgan fingerprint density at radius 1 is 0.759 bits per heavy atom. The molecule has 1 aromatic rings. The number of non-ortho nitro benzene ring substituents is 1. The second kappa shape index (κ2) is 27.7. The highest BCUT2D eigenvalue weighted by Crippen LogP contribution is 2.37. The average Bonchev–Trinajstić information content (AvgIpc) is 3.44. The Hall–Kier alpha value is -6.14. The number of aliphatic hydroxyl groups is 4. The van der Waals surface area contributed by atoms with Crippen molar-refractivity contribution in [3.05, 3.63) is 51.8 Å². The van der Waals surface area contributed by atoms with E-state index in [1.54, 1.807) is 89.2 Å². The van der Waals surface area contributed by atoms with Gasteiger partial charge in [0.1, 0.15) is 70.9 Å². The molecule has 5 rings (SSSR count). The predicted octanol–water partition coefficient (Wildman–Crippen LogP) is 3.42. The molecule has 0 bridgehead atoms. The highest BCUT2D eigenvalue weighted by Gasteiger charge is 2.55. The summed E-state index contributed by atoms with van der Waals surface area (Å²) in [5.74, 6) is -1.62. The number of alkyl carbamates (subject to hydrolysis) is 3. The van der Waals surface area contributed by atoms with Crippen LogP contribution in [0.3, 0.4) is 0 Å². The minimum atomic E-state index is -1.94. The summed E-state index contributed by atoms with van der Waals surface area (Å²) in [6, 6.07) is 0.268. The maximum Gasteiger partial charge on any atom is 0.410 e. The standard InChI is InChI=1S/C55H87N7O21/c1-51(2,3)80-44(67)30-23-31(24-30)58-34-20-19-33(26-57-47(68)75-27-29-15-17-32(18-16-29)62(73)74)77-45(34)78-41-36(60-49(70)82-53(7,8)9)25-35(59-43(66)37(63)21-22-56-48(69)81-52(4,5)6)40(38(41)64)79-46-39(65)42(55(13,72)28-76-46)61(14)50(71)83-54(10,11)12/h15-19,30-31,34-42,45-46,58,63-65,72H,20-28H2,1-14H3,(H,56,69)(H,57,68)(H,59,66)(H,60,70)/t30?,31?,34-,35-,36+,37+,38-,39-,40+,41-,42-,45-,46-,55+/m1/s1. The Balaban J connectivity index is 1.48. The summed E-state index contributed by atoms with van der Waals surface area (Å²) in [6.07, 6.45) is -13.6. The molecule has 2 aliphatic carbocycles. The molecule has 2 heterocycles. The number of nitrogens with one attached hydrogen (secondary N) is 5. The minimum Gasteiger partial charge on any atom is -0.466 e. The SMILES string of the molecule is CN(C(=O)OC(C)(C)C)[C@@H]1[C@@H](O)[C@@H](O[C@@H]2[C@@H](O)[C@H](O[C@H]3OC(CNC(=O)OCc4ccc([N+](=O)[O-])cc4)=CC[C@H]3NC3CC(C(=O)OC(C)(C)C)C3)[C@@H](NC(=O)OC(C)(C)C)C[C@H]2NC(=O)[C@@H](O)CCNC(=O)OC(C)(C)C)OC[C@]1(C)O. The number of carbonyl (C=O) groups is 6. The lowest BCUT2D eigenvalue weighted by Gasteiger charge is -2.51. The topological polar surface area (TPSA) is 373 Å². The number of nitrogens with zero attached hydrogens (tertiary/aromatic N) is 2. The van der Waals surface area contributed by atoms with Crippen molar-refractivity contribution in [3.63, 3.8) is 0 Å². The lowest BCUT2D eigenvalue weighted by molar-refractivity contribution is -0.384. The van der Waals surface area contributed by atoms with Crippen LogP contribution in [0.2, 0.25) is 0 Å². The Morgan fingerprint density at radius 2 is 1.33 bits per heavy atom. The maximum absolute atomic E-state index is 14.0. The first-order valence-electron chi connectivity index (χ1n) is 27.7. The number of nitro groups is 1. The first-order chi connectivity index (χ1) is 38.3. The molecule has 0 radical (unpaired) electrons. The van der Waals surface area contributed by atoms with E-state index in [1.165, 1.54) is 38.2 Å². The molecule has 9 N–H and O–H groups in total. The van der Waals surface area contributed by atoms with E-state index in [4.69, 9.17) is 42.6 Å². The van der Waals surface area contributed by atoms with Crippen LogP contribution in [0.5, 0.6) is 0 Å². The number of ether oxygens (including phenoxy) is 9. The van der Waals surface area contributed by atoms with E-state index in [1.807, 2.05) is 0 Å². The van der Waals surface area contributed by atoms with Gasteiger partial charge < -0.3 is 94.5 Å². The van der Waals surface area contributed by atoms with Crippen molar-refractivity contribution in [1.29, 1.82) is 0 Å². The van der Waals surface area contributed by atoms with Crippen LogP contribution in [0.25, 0.3) is 0 Å². The van der Waals surface area contributed by atoms with Gasteiger partial charge in [-0.2, -0.15) is 0 Å². The lowest BCUT2D eigenvalue weighted by atomic mass is 9.79. The van der Waals surface area contributed by atoms with Crippen LogP contribution in [-0.4, -0.2) is 195 Å². The Labute approximate surface area is 483 Å². The second-order valence-corrected chi connectivity index (χ2v) is 25.5. The summed E-state index contributed by atoms with van der Waals surface area (Å²) in [4.78, 5) is 91.1. The van der Waals surface area contributed by atoms with E-state index in [0.717, 1.165) is 4.90 Å². The van der Waals surface area contributed by atoms with Crippen LogP contribution in [0, 0.1) is 16.0 Å². The zero-order chi connectivity index (χ0) is 62.2. The molecular weight excluding hydrogens is 1090 g/mol. The fourth-order valence-electron chi connectivity index (χ4n) is 9.55. The smallest absolute Gasteiger partial charge is 0.410 e. The number of carbonyl (C=O) groups excluding carboxylic acids is 6. The van der Waals surface area contributed by atoms with Gasteiger partial charge in [-0.05, 0) is 146 Å². The van der Waals surface area contributed by atoms with E-state index in [0.29, 0.717) is 18.4 Å². The molecule has 83 heavy (non-hydrogen) atoms. The van der Waals surface area contributed by atoms with Crippen molar-refractivity contribution in [2.75, 3.05) is 26.7 Å². The molecule has 1 aromatic carbocycles. The van der Waals surface area contributed by atoms with E-state index in [-0.39, 0.29) is 62.4 Å². The molecule has 0 aromatic heterocycles. The molecule has 0 unspecified atom stereocenters. The van der Waals surface area contributed by atoms with Crippen molar-refractivity contribution in [3.8, 4) is 0 Å². The van der Waals surface area contributed by atoms with Gasteiger partial charge in [0.25, 0.3) is 5.69 Å². The van der Waals surface area contributed by atoms with Gasteiger partial charge in [0.2, 0.25) is 12.2 Å². The van der Waals surface area contributed by atoms with E-state index in [9.17, 15) is 59.3 Å². The quantitative estimate of drug-likeness (QED) is 0.0415. The zero-order valence-electron chi connectivity index (χ0n) is 49.9. The van der Waals surface area contributed by atoms with Crippen molar-refractivity contribution >= 4 is 41.9 Å². The predicted molar refractivity (Wildman–Crippen MR) is 293 cm³/mol. The largest absolute Gasteiger partial charge is 0.466 e. The molecule has 2 saturated carbocycles. The molecule has 4 aliphatic rings. The van der Waals surface area contributed by atoms with Crippen LogP contribution in [-0.2, 0) is 58.8 Å². The second-order valence-electron chi connectivity index (χ2n) is 25.5. The van der Waals surface area contributed by atoms with Gasteiger partial charge in [-0.3, -0.25) is 19.7 Å². The fourth-order valence-corrected chi connectivity index (χ4v) is 9.55. The Morgan fingerprint density at radius 3 is 1.90 bits per heavy atom. The third-order valence-electron chi connectivity index (χ3n) is 13.3. The van der Waals surface area contributed by atoms with Gasteiger partial charge in [0.05, 0.1) is 48.2 Å². The molecule has 0 spiro atoms.